The van der Waals surface area contributed by atoms with Gasteiger partial charge in [0.1, 0.15) is 16.3 Å². The van der Waals surface area contributed by atoms with Crippen LogP contribution in [0.4, 0.5) is 5.88 Å². The Bertz CT molecular complexity index is 866. The van der Waals surface area contributed by atoms with Crippen LogP contribution in [0.15, 0.2) is 40.8 Å². The molecule has 1 heterocycles. The van der Waals surface area contributed by atoms with Gasteiger partial charge in [0.15, 0.2) is 6.61 Å². The van der Waals surface area contributed by atoms with Crippen LogP contribution in [0.5, 0.6) is 5.75 Å². The second-order valence-corrected chi connectivity index (χ2v) is 4.35. The van der Waals surface area contributed by atoms with Crippen molar-refractivity contribution in [3.63, 3.8) is 0 Å². The van der Waals surface area contributed by atoms with Crippen LogP contribution in [-0.4, -0.2) is 22.6 Å². The van der Waals surface area contributed by atoms with Crippen molar-refractivity contribution in [3.05, 3.63) is 46.5 Å². The number of hydrogen-bond acceptors (Lipinski definition) is 5. The summed E-state index contributed by atoms with van der Waals surface area (Å²) in [6.07, 6.45) is 0. The molecule has 7 nitrogen and oxygen atoms in total. The number of carboxylic acids is 1. The van der Waals surface area contributed by atoms with Crippen molar-refractivity contribution in [3.8, 4) is 5.75 Å². The minimum absolute atomic E-state index is 0.339. The van der Waals surface area contributed by atoms with Gasteiger partial charge in [-0.05, 0) is 23.6 Å². The van der Waals surface area contributed by atoms with Gasteiger partial charge in [0.05, 0.1) is 6.07 Å². The fraction of sp³-hybridized carbons (Fsp3) is 0.0714. The normalized spacial score (nSPS) is 10.9. The van der Waals surface area contributed by atoms with Crippen molar-refractivity contribution in [2.45, 2.75) is 0 Å². The van der Waals surface area contributed by atoms with E-state index in [4.69, 9.17) is 14.3 Å². The Labute approximate surface area is 117 Å². The third kappa shape index (κ3) is 2.25. The first-order valence-electron chi connectivity index (χ1n) is 6.00. The number of hydrogen-bond donors (Lipinski definition) is 1. The number of benzene rings is 2. The Balaban J connectivity index is 2.19. The van der Waals surface area contributed by atoms with E-state index < -0.39 is 17.5 Å². The Morgan fingerprint density at radius 3 is 2.76 bits per heavy atom. The quantitative estimate of drug-likeness (QED) is 0.584. The topological polar surface area (TPSA) is 103 Å². The number of ether oxygens (including phenoxy) is 1. The zero-order valence-electron chi connectivity index (χ0n) is 10.6. The number of carbonyl (C=O) groups is 1. The fourth-order valence-corrected chi connectivity index (χ4v) is 2.19. The van der Waals surface area contributed by atoms with Crippen LogP contribution in [0.3, 0.4) is 0 Å². The van der Waals surface area contributed by atoms with Crippen LogP contribution in [0.25, 0.3) is 21.7 Å². The van der Waals surface area contributed by atoms with Crippen molar-refractivity contribution < 1.29 is 24.0 Å². The lowest BCUT2D eigenvalue weighted by Crippen LogP contribution is -2.09. The van der Waals surface area contributed by atoms with Gasteiger partial charge in [-0.1, -0.05) is 12.1 Å². The summed E-state index contributed by atoms with van der Waals surface area (Å²) in [5.41, 5.74) is 0.393. The maximum absolute atomic E-state index is 10.8. The molecule has 7 heteroatoms. The summed E-state index contributed by atoms with van der Waals surface area (Å²) < 4.78 is 10.4. The molecule has 0 aliphatic rings. The highest BCUT2D eigenvalue weighted by Crippen LogP contribution is 2.35. The van der Waals surface area contributed by atoms with Gasteiger partial charge in [-0.2, -0.15) is 0 Å². The molecule has 0 atom stereocenters. The van der Waals surface area contributed by atoms with Crippen LogP contribution in [0.1, 0.15) is 0 Å². The largest absolute Gasteiger partial charge is 0.481 e. The lowest BCUT2D eigenvalue weighted by Gasteiger charge is -2.07. The van der Waals surface area contributed by atoms with E-state index in [2.05, 4.69) is 0 Å². The molecule has 3 aromatic rings. The third-order valence-corrected chi connectivity index (χ3v) is 3.04. The van der Waals surface area contributed by atoms with Crippen LogP contribution < -0.4 is 4.74 Å². The number of aliphatic carboxylic acids is 1. The smallest absolute Gasteiger partial charge is 0.434 e. The van der Waals surface area contributed by atoms with Gasteiger partial charge in [0, 0.05) is 10.8 Å². The molecule has 0 radical (unpaired) electrons. The van der Waals surface area contributed by atoms with Crippen molar-refractivity contribution in [2.24, 2.45) is 0 Å². The minimum atomic E-state index is -1.08. The molecule has 0 spiro atoms. The summed E-state index contributed by atoms with van der Waals surface area (Å²) in [5.74, 6) is -1.01. The number of fused-ring (bicyclic) bond motifs is 3. The van der Waals surface area contributed by atoms with Crippen molar-refractivity contribution in [1.82, 2.24) is 0 Å². The predicted molar refractivity (Wildman–Crippen MR) is 73.5 cm³/mol. The van der Waals surface area contributed by atoms with Gasteiger partial charge < -0.3 is 14.3 Å². The van der Waals surface area contributed by atoms with E-state index in [0.29, 0.717) is 27.5 Å². The molecular formula is C14H9NO6. The van der Waals surface area contributed by atoms with Gasteiger partial charge >= 0.3 is 11.9 Å². The van der Waals surface area contributed by atoms with Crippen molar-refractivity contribution >= 4 is 33.6 Å². The van der Waals surface area contributed by atoms with E-state index in [9.17, 15) is 14.9 Å². The Morgan fingerprint density at radius 2 is 2.05 bits per heavy atom. The molecular weight excluding hydrogens is 278 g/mol. The predicted octanol–water partition coefficient (Wildman–Crippen LogP) is 2.96. The average molecular weight is 287 g/mol. The Kier molecular flexibility index (Phi) is 2.94. The van der Waals surface area contributed by atoms with Gasteiger partial charge in [-0.25, -0.2) is 4.79 Å². The first-order chi connectivity index (χ1) is 10.1. The molecule has 0 fully saturated rings. The van der Waals surface area contributed by atoms with E-state index in [1.54, 1.807) is 30.3 Å². The van der Waals surface area contributed by atoms with Crippen LogP contribution in [0.2, 0.25) is 0 Å². The molecule has 21 heavy (non-hydrogen) atoms. The number of carboxylic acid groups (broad SMARTS) is 1. The highest BCUT2D eigenvalue weighted by Gasteiger charge is 2.16. The van der Waals surface area contributed by atoms with E-state index in [1.807, 2.05) is 0 Å². The lowest BCUT2D eigenvalue weighted by molar-refractivity contribution is -0.401. The fourth-order valence-electron chi connectivity index (χ4n) is 2.19. The summed E-state index contributed by atoms with van der Waals surface area (Å²) in [5, 5.41) is 21.4. The van der Waals surface area contributed by atoms with E-state index >= 15 is 0 Å². The summed E-state index contributed by atoms with van der Waals surface area (Å²) >= 11 is 0. The summed E-state index contributed by atoms with van der Waals surface area (Å²) in [7, 11) is 0. The van der Waals surface area contributed by atoms with Crippen LogP contribution in [-0.2, 0) is 4.79 Å². The first kappa shape index (κ1) is 12.9. The zero-order valence-corrected chi connectivity index (χ0v) is 10.6. The highest BCUT2D eigenvalue weighted by molar-refractivity contribution is 6.08. The molecule has 0 aliphatic carbocycles. The third-order valence-electron chi connectivity index (χ3n) is 3.04. The molecule has 0 aliphatic heterocycles. The molecule has 2 aromatic carbocycles. The first-order valence-corrected chi connectivity index (χ1v) is 6.00. The summed E-state index contributed by atoms with van der Waals surface area (Å²) in [6.45, 7) is -0.456. The van der Waals surface area contributed by atoms with E-state index in [1.165, 1.54) is 6.07 Å². The Hall–Kier alpha value is -3.09. The van der Waals surface area contributed by atoms with Gasteiger partial charge in [0.25, 0.3) is 0 Å². The molecule has 0 amide bonds. The van der Waals surface area contributed by atoms with E-state index in [0.717, 1.165) is 0 Å². The summed E-state index contributed by atoms with van der Waals surface area (Å²) in [4.78, 5) is 20.8. The van der Waals surface area contributed by atoms with Gasteiger partial charge in [-0.3, -0.25) is 10.1 Å². The Morgan fingerprint density at radius 1 is 1.24 bits per heavy atom. The lowest BCUT2D eigenvalue weighted by atomic mass is 10.1. The second-order valence-electron chi connectivity index (χ2n) is 4.35. The molecule has 1 aromatic heterocycles. The highest BCUT2D eigenvalue weighted by atomic mass is 16.6. The number of nitro groups is 1. The number of rotatable bonds is 4. The maximum Gasteiger partial charge on any atom is 0.434 e. The molecule has 0 saturated carbocycles. The number of nitrogens with zero attached hydrogens (tertiary/aromatic N) is 1. The standard InChI is InChI=1S/C14H9NO6/c16-14(17)7-20-11-3-1-2-8-9(11)4-5-12-10(8)6-13(21-12)15(18)19/h1-6H,7H2,(H,16,17). The zero-order chi connectivity index (χ0) is 15.0. The van der Waals surface area contributed by atoms with Crippen molar-refractivity contribution in [2.75, 3.05) is 6.61 Å². The molecule has 0 bridgehead atoms. The molecule has 106 valence electrons. The maximum atomic E-state index is 10.8. The number of furan rings is 1. The van der Waals surface area contributed by atoms with Gasteiger partial charge in [0.2, 0.25) is 0 Å². The molecule has 3 rings (SSSR count). The average Bonchev–Trinajstić information content (AvgIpc) is 2.89. The summed E-state index contributed by atoms with van der Waals surface area (Å²) in [6, 6.07) is 9.73. The van der Waals surface area contributed by atoms with Crippen LogP contribution in [0, 0.1) is 10.1 Å². The molecule has 0 saturated heterocycles. The molecule has 1 N–H and O–H groups in total. The van der Waals surface area contributed by atoms with Gasteiger partial charge in [-0.15, -0.1) is 0 Å². The monoisotopic (exact) mass is 287 g/mol. The van der Waals surface area contributed by atoms with Crippen LogP contribution >= 0.6 is 0 Å². The second kappa shape index (κ2) is 4.78. The van der Waals surface area contributed by atoms with E-state index in [-0.39, 0.29) is 5.88 Å². The van der Waals surface area contributed by atoms with Crippen molar-refractivity contribution in [1.29, 1.82) is 0 Å². The minimum Gasteiger partial charge on any atom is -0.481 e. The SMILES string of the molecule is O=C(O)COc1cccc2c1ccc1oc([N+](=O)[O-])cc12. The molecule has 0 unspecified atom stereocenters.